The number of carbonyl (C=O) groups is 2. The molecule has 2 aromatic heterocycles. The summed E-state index contributed by atoms with van der Waals surface area (Å²) in [5, 5.41) is 12.8. The monoisotopic (exact) mass is 637 g/mol. The van der Waals surface area contributed by atoms with Gasteiger partial charge >= 0.3 is 0 Å². The molecule has 4 atom stereocenters. The molecule has 2 fully saturated rings. The van der Waals surface area contributed by atoms with Crippen LogP contribution in [0, 0.1) is 13.8 Å². The quantitative estimate of drug-likeness (QED) is 0.245. The van der Waals surface area contributed by atoms with Gasteiger partial charge in [-0.3, -0.25) is 9.59 Å². The fourth-order valence-electron chi connectivity index (χ4n) is 5.19. The summed E-state index contributed by atoms with van der Waals surface area (Å²) in [6, 6.07) is 4.80. The Morgan fingerprint density at radius 3 is 1.63 bits per heavy atom. The zero-order chi connectivity index (χ0) is 34.3. The van der Waals surface area contributed by atoms with Crippen molar-refractivity contribution in [2.75, 3.05) is 31.3 Å². The molecule has 2 aromatic rings. The molecule has 0 spiro atoms. The Balaban J connectivity index is 0.000000421. The summed E-state index contributed by atoms with van der Waals surface area (Å²) in [5.41, 5.74) is 1.90. The number of aryl methyl sites for hydroxylation is 2. The molecule has 0 aromatic carbocycles. The van der Waals surface area contributed by atoms with Gasteiger partial charge in [0.1, 0.15) is 0 Å². The second-order valence-electron chi connectivity index (χ2n) is 11.3. The van der Waals surface area contributed by atoms with Crippen molar-refractivity contribution in [1.29, 1.82) is 0 Å². The first-order valence-electron chi connectivity index (χ1n) is 16.9. The number of nitrogens with zero attached hydrogens (tertiary/aromatic N) is 5. The molecule has 0 aliphatic heterocycles. The average molecular weight is 638 g/mol. The Morgan fingerprint density at radius 1 is 0.783 bits per heavy atom. The second-order valence-corrected chi connectivity index (χ2v) is 11.3. The third-order valence-electron chi connectivity index (χ3n) is 7.22. The molecule has 4 N–H and O–H groups in total. The molecule has 256 valence electrons. The van der Waals surface area contributed by atoms with E-state index >= 15 is 0 Å². The normalized spacial score (nSPS) is 20.4. The van der Waals surface area contributed by atoms with Crippen LogP contribution >= 0.6 is 0 Å². The van der Waals surface area contributed by atoms with Crippen molar-refractivity contribution in [3.63, 3.8) is 0 Å². The minimum absolute atomic E-state index is 0.00990. The molecule has 11 nitrogen and oxygen atoms in total. The zero-order valence-corrected chi connectivity index (χ0v) is 29.5. The number of hydrogen-bond donors (Lipinski definition) is 4. The smallest absolute Gasteiger partial charge is 0.243 e. The lowest BCUT2D eigenvalue weighted by Crippen LogP contribution is -2.41. The standard InChI is InChI=1S/C17H27N5O.C14H20N4O.2C2H6/c1-13-9-10-18-17(19-13)21-15-7-4-6-14(12-15)20-16(23)8-5-11-22(2)3;1-3-13(19)17-11-5-4-6-12(9-11)18-14-15-8-7-10(2)16-14;2*1-2/h5,8-10,14-15H,4,6-7,11-12H2,1-3H3,(H,20,23)(H,18,19,21);3,7-8,11-12H,1,4-6,9H2,2H3,(H,17,19)(H,15,16,18);2*1-2H3/b8-5+;;;. The van der Waals surface area contributed by atoms with E-state index in [1.165, 1.54) is 6.08 Å². The van der Waals surface area contributed by atoms with Gasteiger partial charge in [0.25, 0.3) is 0 Å². The molecule has 0 bridgehead atoms. The van der Waals surface area contributed by atoms with E-state index in [-0.39, 0.29) is 23.9 Å². The van der Waals surface area contributed by atoms with Crippen LogP contribution in [-0.2, 0) is 9.59 Å². The molecule has 2 aliphatic carbocycles. The van der Waals surface area contributed by atoms with Crippen LogP contribution in [0.3, 0.4) is 0 Å². The van der Waals surface area contributed by atoms with Gasteiger partial charge in [0.15, 0.2) is 0 Å². The van der Waals surface area contributed by atoms with E-state index in [1.807, 2.05) is 78.7 Å². The Labute approximate surface area is 277 Å². The maximum absolute atomic E-state index is 11.9. The van der Waals surface area contributed by atoms with Crippen molar-refractivity contribution in [2.24, 2.45) is 0 Å². The summed E-state index contributed by atoms with van der Waals surface area (Å²) in [5.74, 6) is 1.23. The molecule has 2 saturated carbocycles. The molecule has 2 aliphatic rings. The van der Waals surface area contributed by atoms with Crippen molar-refractivity contribution in [3.8, 4) is 0 Å². The molecule has 0 saturated heterocycles. The van der Waals surface area contributed by atoms with Gasteiger partial charge in [-0.25, -0.2) is 19.9 Å². The van der Waals surface area contributed by atoms with Crippen LogP contribution in [0.2, 0.25) is 0 Å². The van der Waals surface area contributed by atoms with Gasteiger partial charge in [-0.2, -0.15) is 0 Å². The number of carbonyl (C=O) groups excluding carboxylic acids is 2. The molecule has 11 heteroatoms. The molecule has 2 heterocycles. The van der Waals surface area contributed by atoms with E-state index < -0.39 is 0 Å². The third-order valence-corrected chi connectivity index (χ3v) is 7.22. The van der Waals surface area contributed by atoms with Gasteiger partial charge in [-0.05, 0) is 97.5 Å². The van der Waals surface area contributed by atoms with Crippen molar-refractivity contribution in [2.45, 2.75) is 117 Å². The van der Waals surface area contributed by atoms with Gasteiger partial charge in [0.2, 0.25) is 23.7 Å². The summed E-state index contributed by atoms with van der Waals surface area (Å²) in [4.78, 5) is 42.5. The Bertz CT molecular complexity index is 1190. The fourth-order valence-corrected chi connectivity index (χ4v) is 5.19. The molecular formula is C35H59N9O2. The maximum atomic E-state index is 11.9. The highest BCUT2D eigenvalue weighted by atomic mass is 16.2. The van der Waals surface area contributed by atoms with Crippen LogP contribution in [0.5, 0.6) is 0 Å². The number of amides is 2. The van der Waals surface area contributed by atoms with E-state index in [4.69, 9.17) is 0 Å². The number of aromatic nitrogens is 4. The van der Waals surface area contributed by atoms with E-state index in [2.05, 4.69) is 47.8 Å². The summed E-state index contributed by atoms with van der Waals surface area (Å²) >= 11 is 0. The van der Waals surface area contributed by atoms with Crippen LogP contribution in [0.1, 0.15) is 90.4 Å². The summed E-state index contributed by atoms with van der Waals surface area (Å²) < 4.78 is 0. The number of anilines is 2. The fraction of sp³-hybridized carbons (Fsp3) is 0.600. The molecule has 4 unspecified atom stereocenters. The minimum atomic E-state index is -0.0996. The topological polar surface area (TPSA) is 137 Å². The minimum Gasteiger partial charge on any atom is -0.351 e. The lowest BCUT2D eigenvalue weighted by Gasteiger charge is -2.30. The van der Waals surface area contributed by atoms with Gasteiger partial charge < -0.3 is 26.2 Å². The Morgan fingerprint density at radius 2 is 1.22 bits per heavy atom. The summed E-state index contributed by atoms with van der Waals surface area (Å²) in [7, 11) is 3.96. The van der Waals surface area contributed by atoms with Crippen molar-refractivity contribution in [3.05, 3.63) is 60.7 Å². The van der Waals surface area contributed by atoms with Crippen molar-refractivity contribution >= 4 is 23.7 Å². The highest BCUT2D eigenvalue weighted by Gasteiger charge is 2.24. The van der Waals surface area contributed by atoms with Gasteiger partial charge in [0.05, 0.1) is 0 Å². The van der Waals surface area contributed by atoms with Gasteiger partial charge in [0, 0.05) is 60.6 Å². The SMILES string of the molecule is C=CC(=O)NC1CCCC(Nc2nccc(C)n2)C1.CC.CC.Cc1ccnc(NC2CCCC(NC(=O)/C=C/CN(C)C)C2)n1. The van der Waals surface area contributed by atoms with E-state index in [0.717, 1.165) is 69.3 Å². The second kappa shape index (κ2) is 23.5. The first-order chi connectivity index (χ1) is 22.2. The predicted octanol–water partition coefficient (Wildman–Crippen LogP) is 5.60. The van der Waals surface area contributed by atoms with Crippen LogP contribution in [0.4, 0.5) is 11.9 Å². The first-order valence-corrected chi connectivity index (χ1v) is 16.9. The Hall–Kier alpha value is -3.86. The van der Waals surface area contributed by atoms with Crippen molar-refractivity contribution < 1.29 is 9.59 Å². The van der Waals surface area contributed by atoms with Crippen LogP contribution in [0.15, 0.2) is 49.3 Å². The van der Waals surface area contributed by atoms with E-state index in [1.54, 1.807) is 18.5 Å². The summed E-state index contributed by atoms with van der Waals surface area (Å²) in [6.07, 6.45) is 16.6. The molecule has 46 heavy (non-hydrogen) atoms. The lowest BCUT2D eigenvalue weighted by molar-refractivity contribution is -0.118. The first kappa shape index (κ1) is 40.2. The predicted molar refractivity (Wildman–Crippen MR) is 190 cm³/mol. The van der Waals surface area contributed by atoms with Crippen molar-refractivity contribution in [1.82, 2.24) is 35.5 Å². The number of hydrogen-bond acceptors (Lipinski definition) is 9. The lowest BCUT2D eigenvalue weighted by atomic mass is 9.91. The highest BCUT2D eigenvalue weighted by molar-refractivity contribution is 5.87. The summed E-state index contributed by atoms with van der Waals surface area (Å²) in [6.45, 7) is 16.1. The van der Waals surface area contributed by atoms with Crippen LogP contribution < -0.4 is 21.3 Å². The molecular weight excluding hydrogens is 578 g/mol. The third kappa shape index (κ3) is 17.0. The maximum Gasteiger partial charge on any atom is 0.243 e. The number of rotatable bonds is 10. The Kier molecular flexibility index (Phi) is 20.5. The molecule has 4 rings (SSSR count). The molecule has 2 amide bonds. The zero-order valence-electron chi connectivity index (χ0n) is 29.5. The largest absolute Gasteiger partial charge is 0.351 e. The van der Waals surface area contributed by atoms with Crippen LogP contribution in [0.25, 0.3) is 0 Å². The number of likely N-dealkylation sites (N-methyl/N-ethyl adjacent to an activating group) is 1. The molecule has 0 radical (unpaired) electrons. The van der Waals surface area contributed by atoms with E-state index in [0.29, 0.717) is 24.0 Å². The number of nitrogens with one attached hydrogen (secondary N) is 4. The average Bonchev–Trinajstić information content (AvgIpc) is 3.03. The van der Waals surface area contributed by atoms with Crippen LogP contribution in [-0.4, -0.2) is 81.5 Å². The van der Waals surface area contributed by atoms with Gasteiger partial charge in [-0.1, -0.05) is 40.3 Å². The van der Waals surface area contributed by atoms with E-state index in [9.17, 15) is 9.59 Å². The van der Waals surface area contributed by atoms with Gasteiger partial charge in [-0.15, -0.1) is 0 Å². The highest BCUT2D eigenvalue weighted by Crippen LogP contribution is 2.22.